The van der Waals surface area contributed by atoms with Gasteiger partial charge in [-0.15, -0.1) is 0 Å². The van der Waals surface area contributed by atoms with E-state index < -0.39 is 22.1 Å². The standard InChI is InChI=1S/C23H34N2O6S/c1-15-11-16(2)14-25(13-15)32(28,29)21-12-18(9-10-20(21)30-4)23(27)31-17(3)22(26)24-19-7-5-6-8-19/h9-10,12,15-17,19H,5-8,11,13-14H2,1-4H3,(H,24,26). The molecule has 1 aromatic carbocycles. The second-order valence-electron chi connectivity index (χ2n) is 9.17. The Bertz CT molecular complexity index is 932. The smallest absolute Gasteiger partial charge is 0.338 e. The number of amides is 1. The predicted molar refractivity (Wildman–Crippen MR) is 120 cm³/mol. The van der Waals surface area contributed by atoms with Gasteiger partial charge < -0.3 is 14.8 Å². The van der Waals surface area contributed by atoms with E-state index in [1.54, 1.807) is 0 Å². The Morgan fingerprint density at radius 1 is 1.12 bits per heavy atom. The summed E-state index contributed by atoms with van der Waals surface area (Å²) in [5.74, 6) is -0.445. The van der Waals surface area contributed by atoms with Crippen LogP contribution in [0.3, 0.4) is 0 Å². The Morgan fingerprint density at radius 3 is 2.34 bits per heavy atom. The molecular weight excluding hydrogens is 432 g/mol. The van der Waals surface area contributed by atoms with Gasteiger partial charge in [0.15, 0.2) is 6.10 Å². The highest BCUT2D eigenvalue weighted by molar-refractivity contribution is 7.89. The van der Waals surface area contributed by atoms with Crippen molar-refractivity contribution >= 4 is 21.9 Å². The summed E-state index contributed by atoms with van der Waals surface area (Å²) in [6.45, 7) is 6.41. The fourth-order valence-corrected chi connectivity index (χ4v) is 6.48. The molecule has 1 aromatic rings. The largest absolute Gasteiger partial charge is 0.495 e. The molecular formula is C23H34N2O6S. The number of ether oxygens (including phenoxy) is 2. The van der Waals surface area contributed by atoms with Crippen LogP contribution in [0.2, 0.25) is 0 Å². The van der Waals surface area contributed by atoms with Gasteiger partial charge in [-0.05, 0) is 56.2 Å². The Morgan fingerprint density at radius 2 is 1.75 bits per heavy atom. The molecule has 3 unspecified atom stereocenters. The van der Waals surface area contributed by atoms with Gasteiger partial charge in [0.2, 0.25) is 10.0 Å². The summed E-state index contributed by atoms with van der Waals surface area (Å²) in [5.41, 5.74) is 0.0583. The maximum Gasteiger partial charge on any atom is 0.338 e. The van der Waals surface area contributed by atoms with Gasteiger partial charge in [0, 0.05) is 19.1 Å². The van der Waals surface area contributed by atoms with Crippen molar-refractivity contribution in [3.05, 3.63) is 23.8 Å². The minimum atomic E-state index is -3.87. The maximum atomic E-state index is 13.4. The normalized spacial score (nSPS) is 23.5. The molecule has 0 aromatic heterocycles. The lowest BCUT2D eigenvalue weighted by Gasteiger charge is -2.34. The molecule has 178 valence electrons. The molecule has 1 saturated carbocycles. The summed E-state index contributed by atoms with van der Waals surface area (Å²) >= 11 is 0. The number of carbonyl (C=O) groups excluding carboxylic acids is 2. The number of piperidine rings is 1. The highest BCUT2D eigenvalue weighted by Gasteiger charge is 2.34. The van der Waals surface area contributed by atoms with E-state index in [1.165, 1.54) is 36.5 Å². The fraction of sp³-hybridized carbons (Fsp3) is 0.652. The molecule has 0 spiro atoms. The van der Waals surface area contributed by atoms with Crippen LogP contribution in [0.1, 0.15) is 63.2 Å². The number of carbonyl (C=O) groups is 2. The molecule has 3 atom stereocenters. The molecule has 9 heteroatoms. The Hall–Kier alpha value is -2.13. The van der Waals surface area contributed by atoms with Gasteiger partial charge in [0.1, 0.15) is 10.6 Å². The zero-order chi connectivity index (χ0) is 23.5. The van der Waals surface area contributed by atoms with Crippen LogP contribution in [0, 0.1) is 11.8 Å². The first-order valence-corrected chi connectivity index (χ1v) is 12.7. The summed E-state index contributed by atoms with van der Waals surface area (Å²) in [6, 6.07) is 4.30. The predicted octanol–water partition coefficient (Wildman–Crippen LogP) is 2.97. The first-order chi connectivity index (χ1) is 15.1. The van der Waals surface area contributed by atoms with Gasteiger partial charge in [-0.2, -0.15) is 4.31 Å². The van der Waals surface area contributed by atoms with Crippen LogP contribution < -0.4 is 10.1 Å². The van der Waals surface area contributed by atoms with E-state index in [9.17, 15) is 18.0 Å². The first kappa shape index (κ1) is 24.5. The van der Waals surface area contributed by atoms with E-state index in [2.05, 4.69) is 5.32 Å². The molecule has 1 heterocycles. The number of sulfonamides is 1. The minimum absolute atomic E-state index is 0.0583. The highest BCUT2D eigenvalue weighted by atomic mass is 32.2. The van der Waals surface area contributed by atoms with Crippen LogP contribution in [-0.2, 0) is 19.6 Å². The maximum absolute atomic E-state index is 13.4. The van der Waals surface area contributed by atoms with Gasteiger partial charge in [0.25, 0.3) is 5.91 Å². The van der Waals surface area contributed by atoms with Crippen LogP contribution >= 0.6 is 0 Å². The molecule has 1 amide bonds. The molecule has 2 aliphatic rings. The summed E-state index contributed by atoms with van der Waals surface area (Å²) in [5, 5.41) is 2.90. The fourth-order valence-electron chi connectivity index (χ4n) is 4.62. The molecule has 3 rings (SSSR count). The van der Waals surface area contributed by atoms with Crippen molar-refractivity contribution in [3.63, 3.8) is 0 Å². The zero-order valence-corrected chi connectivity index (χ0v) is 20.1. The zero-order valence-electron chi connectivity index (χ0n) is 19.3. The summed E-state index contributed by atoms with van der Waals surface area (Å²) < 4.78 is 38.8. The SMILES string of the molecule is COc1ccc(C(=O)OC(C)C(=O)NC2CCCC2)cc1S(=O)(=O)N1CC(C)CC(C)C1. The lowest BCUT2D eigenvalue weighted by molar-refractivity contribution is -0.129. The van der Waals surface area contributed by atoms with Crippen LogP contribution in [0.25, 0.3) is 0 Å². The van der Waals surface area contributed by atoms with Gasteiger partial charge in [-0.3, -0.25) is 4.79 Å². The van der Waals surface area contributed by atoms with Gasteiger partial charge in [-0.25, -0.2) is 13.2 Å². The van der Waals surface area contributed by atoms with Crippen molar-refractivity contribution in [2.75, 3.05) is 20.2 Å². The van der Waals surface area contributed by atoms with E-state index in [0.29, 0.717) is 13.1 Å². The minimum Gasteiger partial charge on any atom is -0.495 e. The topological polar surface area (TPSA) is 102 Å². The van der Waals surface area contributed by atoms with Crippen LogP contribution in [0.15, 0.2) is 23.1 Å². The number of hydrogen-bond acceptors (Lipinski definition) is 6. The van der Waals surface area contributed by atoms with Crippen LogP contribution in [-0.4, -0.2) is 56.9 Å². The Balaban J connectivity index is 1.77. The van der Waals surface area contributed by atoms with E-state index >= 15 is 0 Å². The van der Waals surface area contributed by atoms with E-state index in [1.807, 2.05) is 13.8 Å². The number of nitrogens with zero attached hydrogens (tertiary/aromatic N) is 1. The Kier molecular flexibility index (Phi) is 7.82. The lowest BCUT2D eigenvalue weighted by atomic mass is 9.94. The van der Waals surface area contributed by atoms with Crippen molar-refractivity contribution in [1.29, 1.82) is 0 Å². The molecule has 1 N–H and O–H groups in total. The quantitative estimate of drug-likeness (QED) is 0.620. The van der Waals surface area contributed by atoms with Gasteiger partial charge in [-0.1, -0.05) is 26.7 Å². The highest BCUT2D eigenvalue weighted by Crippen LogP contribution is 2.32. The molecule has 1 saturated heterocycles. The number of methoxy groups -OCH3 is 1. The third-order valence-electron chi connectivity index (χ3n) is 6.21. The van der Waals surface area contributed by atoms with Crippen molar-refractivity contribution in [1.82, 2.24) is 9.62 Å². The number of benzene rings is 1. The lowest BCUT2D eigenvalue weighted by Crippen LogP contribution is -2.42. The summed E-state index contributed by atoms with van der Waals surface area (Å²) in [4.78, 5) is 25.0. The molecule has 1 aliphatic carbocycles. The van der Waals surface area contributed by atoms with Crippen LogP contribution in [0.4, 0.5) is 0 Å². The van der Waals surface area contributed by atoms with Crippen molar-refractivity contribution < 1.29 is 27.5 Å². The number of hydrogen-bond donors (Lipinski definition) is 1. The van der Waals surface area contributed by atoms with E-state index in [4.69, 9.17) is 9.47 Å². The second-order valence-corrected chi connectivity index (χ2v) is 11.1. The third kappa shape index (κ3) is 5.61. The molecule has 1 aliphatic heterocycles. The number of esters is 1. The third-order valence-corrected chi connectivity index (χ3v) is 8.06. The van der Waals surface area contributed by atoms with Gasteiger partial charge in [0.05, 0.1) is 12.7 Å². The molecule has 2 fully saturated rings. The summed E-state index contributed by atoms with van der Waals surface area (Å²) in [7, 11) is -2.47. The second kappa shape index (κ2) is 10.2. The van der Waals surface area contributed by atoms with Gasteiger partial charge >= 0.3 is 5.97 Å². The molecule has 0 radical (unpaired) electrons. The van der Waals surface area contributed by atoms with Crippen molar-refractivity contribution in [3.8, 4) is 5.75 Å². The van der Waals surface area contributed by atoms with Crippen molar-refractivity contribution in [2.45, 2.75) is 69.9 Å². The molecule has 32 heavy (non-hydrogen) atoms. The number of nitrogens with one attached hydrogen (secondary N) is 1. The average Bonchev–Trinajstić information content (AvgIpc) is 3.25. The number of rotatable bonds is 7. The van der Waals surface area contributed by atoms with Crippen molar-refractivity contribution in [2.24, 2.45) is 11.8 Å². The van der Waals surface area contributed by atoms with E-state index in [0.717, 1.165) is 32.1 Å². The summed E-state index contributed by atoms with van der Waals surface area (Å²) in [6.07, 6.45) is 4.01. The first-order valence-electron chi connectivity index (χ1n) is 11.3. The monoisotopic (exact) mass is 466 g/mol. The van der Waals surface area contributed by atoms with E-state index in [-0.39, 0.29) is 40.0 Å². The van der Waals surface area contributed by atoms with Crippen LogP contribution in [0.5, 0.6) is 5.75 Å². The Labute approximate surface area is 190 Å². The average molecular weight is 467 g/mol. The molecule has 8 nitrogen and oxygen atoms in total. The molecule has 0 bridgehead atoms.